The Morgan fingerprint density at radius 3 is 2.72 bits per heavy atom. The smallest absolute Gasteiger partial charge is 0.232 e. The van der Waals surface area contributed by atoms with Crippen molar-refractivity contribution >= 4 is 15.7 Å². The van der Waals surface area contributed by atoms with E-state index in [1.54, 1.807) is 31.4 Å². The Hall–Kier alpha value is -1.27. The predicted octanol–water partition coefficient (Wildman–Crippen LogP) is 1.44. The molecule has 0 aliphatic heterocycles. The Bertz CT molecular complexity index is 460. The second kappa shape index (κ2) is 7.23. The van der Waals surface area contributed by atoms with Gasteiger partial charge in [0.15, 0.2) is 0 Å². The minimum absolute atomic E-state index is 0.131. The first kappa shape index (κ1) is 14.8. The van der Waals surface area contributed by atoms with E-state index in [0.29, 0.717) is 17.9 Å². The molecule has 0 fully saturated rings. The number of benzene rings is 1. The molecule has 0 saturated heterocycles. The van der Waals surface area contributed by atoms with Crippen LogP contribution in [0.1, 0.15) is 12.8 Å². The molecule has 0 amide bonds. The van der Waals surface area contributed by atoms with Crippen LogP contribution in [0, 0.1) is 0 Å². The summed E-state index contributed by atoms with van der Waals surface area (Å²) in [5.41, 5.74) is 0.531. The normalized spacial score (nSPS) is 11.2. The van der Waals surface area contributed by atoms with Crippen LogP contribution in [0.5, 0.6) is 5.75 Å². The first-order valence-electron chi connectivity index (χ1n) is 5.86. The van der Waals surface area contributed by atoms with Gasteiger partial charge in [-0.1, -0.05) is 6.07 Å². The van der Waals surface area contributed by atoms with E-state index in [9.17, 15) is 8.42 Å². The summed E-state index contributed by atoms with van der Waals surface area (Å²) < 4.78 is 31.2. The lowest BCUT2D eigenvalue weighted by molar-refractivity contribution is 0.415. The molecule has 1 aromatic rings. The quantitative estimate of drug-likeness (QED) is 0.703. The Labute approximate surface area is 109 Å². The van der Waals surface area contributed by atoms with Crippen LogP contribution in [0.3, 0.4) is 0 Å². The van der Waals surface area contributed by atoms with Crippen LogP contribution in [0.25, 0.3) is 0 Å². The van der Waals surface area contributed by atoms with Gasteiger partial charge < -0.3 is 10.1 Å². The highest BCUT2D eigenvalue weighted by Gasteiger charge is 2.10. The summed E-state index contributed by atoms with van der Waals surface area (Å²) in [7, 11) is 0.124. The van der Waals surface area contributed by atoms with Crippen LogP contribution in [0.2, 0.25) is 0 Å². The van der Waals surface area contributed by atoms with Gasteiger partial charge in [-0.05, 0) is 38.6 Å². The molecule has 0 heterocycles. The van der Waals surface area contributed by atoms with Crippen molar-refractivity contribution in [1.82, 2.24) is 5.32 Å². The van der Waals surface area contributed by atoms with Gasteiger partial charge in [0.2, 0.25) is 10.0 Å². The fourth-order valence-corrected chi connectivity index (χ4v) is 2.68. The Morgan fingerprint density at radius 2 is 2.06 bits per heavy atom. The molecule has 0 unspecified atom stereocenters. The molecule has 0 atom stereocenters. The zero-order chi connectivity index (χ0) is 13.4. The fraction of sp³-hybridized carbons (Fsp3) is 0.500. The van der Waals surface area contributed by atoms with Crippen molar-refractivity contribution in [2.24, 2.45) is 0 Å². The predicted molar refractivity (Wildman–Crippen MR) is 73.6 cm³/mol. The molecule has 1 rings (SSSR count). The first-order valence-corrected chi connectivity index (χ1v) is 7.52. The number of rotatable bonds is 8. The minimum atomic E-state index is -3.27. The van der Waals surface area contributed by atoms with E-state index in [1.807, 2.05) is 7.05 Å². The average molecular weight is 272 g/mol. The van der Waals surface area contributed by atoms with E-state index in [-0.39, 0.29) is 5.75 Å². The minimum Gasteiger partial charge on any atom is -0.497 e. The summed E-state index contributed by atoms with van der Waals surface area (Å²) >= 11 is 0. The average Bonchev–Trinajstić information content (AvgIpc) is 2.34. The molecule has 1 aromatic carbocycles. The summed E-state index contributed by atoms with van der Waals surface area (Å²) in [6.07, 6.45) is 1.48. The lowest BCUT2D eigenvalue weighted by Gasteiger charge is -2.09. The van der Waals surface area contributed by atoms with Crippen LogP contribution in [-0.2, 0) is 10.0 Å². The molecule has 0 bridgehead atoms. The maximum atomic E-state index is 11.8. The van der Waals surface area contributed by atoms with Crippen LogP contribution < -0.4 is 14.8 Å². The number of anilines is 1. The summed E-state index contributed by atoms with van der Waals surface area (Å²) in [6, 6.07) is 6.88. The van der Waals surface area contributed by atoms with Crippen molar-refractivity contribution < 1.29 is 13.2 Å². The van der Waals surface area contributed by atoms with Crippen molar-refractivity contribution in [1.29, 1.82) is 0 Å². The number of methoxy groups -OCH3 is 1. The van der Waals surface area contributed by atoms with Gasteiger partial charge in [0.05, 0.1) is 18.6 Å². The summed E-state index contributed by atoms with van der Waals surface area (Å²) in [6.45, 7) is 0.828. The van der Waals surface area contributed by atoms with E-state index >= 15 is 0 Å². The zero-order valence-corrected chi connectivity index (χ0v) is 11.6. The molecule has 0 aliphatic carbocycles. The van der Waals surface area contributed by atoms with E-state index < -0.39 is 10.0 Å². The van der Waals surface area contributed by atoms with Crippen LogP contribution >= 0.6 is 0 Å². The topological polar surface area (TPSA) is 67.4 Å². The lowest BCUT2D eigenvalue weighted by Crippen LogP contribution is -2.18. The van der Waals surface area contributed by atoms with Crippen molar-refractivity contribution in [3.63, 3.8) is 0 Å². The molecular weight excluding hydrogens is 252 g/mol. The van der Waals surface area contributed by atoms with Crippen molar-refractivity contribution in [3.05, 3.63) is 24.3 Å². The maximum Gasteiger partial charge on any atom is 0.232 e. The summed E-state index contributed by atoms with van der Waals surface area (Å²) in [4.78, 5) is 0. The molecule has 102 valence electrons. The Balaban J connectivity index is 2.53. The number of hydrogen-bond donors (Lipinski definition) is 2. The van der Waals surface area contributed by atoms with Gasteiger partial charge in [0, 0.05) is 6.07 Å². The van der Waals surface area contributed by atoms with E-state index in [2.05, 4.69) is 10.0 Å². The monoisotopic (exact) mass is 272 g/mol. The van der Waals surface area contributed by atoms with E-state index in [0.717, 1.165) is 13.0 Å². The number of hydrogen-bond acceptors (Lipinski definition) is 4. The molecule has 0 aliphatic rings. The number of ether oxygens (including phenoxy) is 1. The maximum absolute atomic E-state index is 11.8. The van der Waals surface area contributed by atoms with Gasteiger partial charge in [-0.15, -0.1) is 0 Å². The van der Waals surface area contributed by atoms with Gasteiger partial charge in [0.1, 0.15) is 5.75 Å². The fourth-order valence-electron chi connectivity index (χ4n) is 1.51. The third-order valence-corrected chi connectivity index (χ3v) is 3.81. The third kappa shape index (κ3) is 5.37. The van der Waals surface area contributed by atoms with Gasteiger partial charge in [-0.3, -0.25) is 4.72 Å². The number of nitrogens with one attached hydrogen (secondary N) is 2. The van der Waals surface area contributed by atoms with Gasteiger partial charge in [-0.2, -0.15) is 0 Å². The molecule has 0 radical (unpaired) electrons. The standard InChI is InChI=1S/C12H20N2O3S/c1-13-8-3-4-9-18(15,16)14-11-6-5-7-12(10-11)17-2/h5-7,10,13-14H,3-4,8-9H2,1-2H3. The number of unbranched alkanes of at least 4 members (excludes halogenated alkanes) is 1. The highest BCUT2D eigenvalue weighted by atomic mass is 32.2. The summed E-state index contributed by atoms with van der Waals surface area (Å²) in [5.74, 6) is 0.761. The van der Waals surface area contributed by atoms with Crippen molar-refractivity contribution in [2.45, 2.75) is 12.8 Å². The van der Waals surface area contributed by atoms with Gasteiger partial charge >= 0.3 is 0 Å². The van der Waals surface area contributed by atoms with Crippen LogP contribution in [0.4, 0.5) is 5.69 Å². The van der Waals surface area contributed by atoms with Crippen LogP contribution in [-0.4, -0.2) is 34.9 Å². The largest absolute Gasteiger partial charge is 0.497 e. The molecule has 5 nitrogen and oxygen atoms in total. The summed E-state index contributed by atoms with van der Waals surface area (Å²) in [5, 5.41) is 2.99. The van der Waals surface area contributed by atoms with E-state index in [4.69, 9.17) is 4.74 Å². The molecule has 18 heavy (non-hydrogen) atoms. The third-order valence-electron chi connectivity index (χ3n) is 2.43. The van der Waals surface area contributed by atoms with Crippen molar-refractivity contribution in [2.75, 3.05) is 31.2 Å². The Morgan fingerprint density at radius 1 is 1.28 bits per heavy atom. The van der Waals surface area contributed by atoms with Crippen molar-refractivity contribution in [3.8, 4) is 5.75 Å². The second-order valence-electron chi connectivity index (χ2n) is 3.96. The Kier molecular flexibility index (Phi) is 5.94. The molecule has 0 spiro atoms. The molecular formula is C12H20N2O3S. The molecule has 0 aromatic heterocycles. The second-order valence-corrected chi connectivity index (χ2v) is 5.81. The SMILES string of the molecule is CNCCCCS(=O)(=O)Nc1cccc(OC)c1. The zero-order valence-electron chi connectivity index (χ0n) is 10.8. The number of sulfonamides is 1. The molecule has 2 N–H and O–H groups in total. The van der Waals surface area contributed by atoms with Gasteiger partial charge in [0.25, 0.3) is 0 Å². The lowest BCUT2D eigenvalue weighted by atomic mass is 10.3. The highest BCUT2D eigenvalue weighted by molar-refractivity contribution is 7.92. The van der Waals surface area contributed by atoms with Gasteiger partial charge in [-0.25, -0.2) is 8.42 Å². The first-order chi connectivity index (χ1) is 8.57. The highest BCUT2D eigenvalue weighted by Crippen LogP contribution is 2.18. The molecule has 6 heteroatoms. The molecule has 0 saturated carbocycles. The van der Waals surface area contributed by atoms with E-state index in [1.165, 1.54) is 0 Å². The van der Waals surface area contributed by atoms with Crippen LogP contribution in [0.15, 0.2) is 24.3 Å².